The van der Waals surface area contributed by atoms with E-state index in [-0.39, 0.29) is 23.9 Å². The first-order valence-corrected chi connectivity index (χ1v) is 8.37. The molecule has 1 aliphatic rings. The smallest absolute Gasteiger partial charge is 0.254 e. The number of anilines is 1. The van der Waals surface area contributed by atoms with Crippen molar-refractivity contribution in [2.75, 3.05) is 11.9 Å². The maximum Gasteiger partial charge on any atom is 0.254 e. The zero-order valence-electron chi connectivity index (χ0n) is 14.2. The lowest BCUT2D eigenvalue weighted by molar-refractivity contribution is -0.114. The second-order valence-corrected chi connectivity index (χ2v) is 6.75. The van der Waals surface area contributed by atoms with Crippen LogP contribution in [0.15, 0.2) is 18.2 Å². The van der Waals surface area contributed by atoms with Crippen molar-refractivity contribution in [3.63, 3.8) is 0 Å². The highest BCUT2D eigenvalue weighted by molar-refractivity contribution is 5.97. The van der Waals surface area contributed by atoms with Crippen molar-refractivity contribution in [1.82, 2.24) is 5.32 Å². The average Bonchev–Trinajstić information content (AvgIpc) is 2.55. The average molecular weight is 336 g/mol. The first-order chi connectivity index (χ1) is 11.3. The molecule has 1 unspecified atom stereocenters. The van der Waals surface area contributed by atoms with Gasteiger partial charge in [0.1, 0.15) is 5.82 Å². The Balaban J connectivity index is 2.02. The summed E-state index contributed by atoms with van der Waals surface area (Å²) in [4.78, 5) is 23.3. The summed E-state index contributed by atoms with van der Waals surface area (Å²) >= 11 is 0. The van der Waals surface area contributed by atoms with Gasteiger partial charge < -0.3 is 15.7 Å². The fourth-order valence-corrected chi connectivity index (χ4v) is 3.20. The Hall–Kier alpha value is -1.95. The van der Waals surface area contributed by atoms with Gasteiger partial charge in [0, 0.05) is 19.2 Å². The van der Waals surface area contributed by atoms with Crippen LogP contribution >= 0.6 is 0 Å². The van der Waals surface area contributed by atoms with Crippen LogP contribution in [0.25, 0.3) is 0 Å². The molecule has 132 valence electrons. The SMILES string of the molecule is CC(=O)Nc1ccc(F)c(C(=O)NCC(C)(O)C2CCCCC2)c1. The van der Waals surface area contributed by atoms with Gasteiger partial charge in [-0.3, -0.25) is 9.59 Å². The molecule has 0 heterocycles. The van der Waals surface area contributed by atoms with Crippen molar-refractivity contribution < 1.29 is 19.1 Å². The van der Waals surface area contributed by atoms with Crippen molar-refractivity contribution in [2.45, 2.75) is 51.6 Å². The first kappa shape index (κ1) is 18.4. The van der Waals surface area contributed by atoms with E-state index in [4.69, 9.17) is 0 Å². The van der Waals surface area contributed by atoms with Gasteiger partial charge in [-0.15, -0.1) is 0 Å². The number of carbonyl (C=O) groups excluding carboxylic acids is 2. The second-order valence-electron chi connectivity index (χ2n) is 6.75. The van der Waals surface area contributed by atoms with E-state index in [1.165, 1.54) is 25.5 Å². The molecule has 24 heavy (non-hydrogen) atoms. The van der Waals surface area contributed by atoms with Crippen molar-refractivity contribution in [1.29, 1.82) is 0 Å². The molecule has 2 rings (SSSR count). The lowest BCUT2D eigenvalue weighted by Crippen LogP contribution is -2.46. The van der Waals surface area contributed by atoms with E-state index >= 15 is 0 Å². The number of benzene rings is 1. The number of hydrogen-bond donors (Lipinski definition) is 3. The summed E-state index contributed by atoms with van der Waals surface area (Å²) in [5, 5.41) is 15.7. The van der Waals surface area contributed by atoms with E-state index in [0.717, 1.165) is 31.7 Å². The highest BCUT2D eigenvalue weighted by Gasteiger charge is 2.33. The minimum atomic E-state index is -1.01. The fourth-order valence-electron chi connectivity index (χ4n) is 3.20. The van der Waals surface area contributed by atoms with E-state index < -0.39 is 17.3 Å². The Kier molecular flexibility index (Phi) is 5.94. The van der Waals surface area contributed by atoms with Crippen molar-refractivity contribution in [2.24, 2.45) is 5.92 Å². The third-order valence-corrected chi connectivity index (χ3v) is 4.62. The molecule has 5 nitrogen and oxygen atoms in total. The molecule has 0 spiro atoms. The molecule has 0 bridgehead atoms. The quantitative estimate of drug-likeness (QED) is 0.774. The van der Waals surface area contributed by atoms with Gasteiger partial charge in [0.25, 0.3) is 5.91 Å². The third-order valence-electron chi connectivity index (χ3n) is 4.62. The van der Waals surface area contributed by atoms with E-state index in [1.54, 1.807) is 6.92 Å². The van der Waals surface area contributed by atoms with E-state index in [0.29, 0.717) is 5.69 Å². The third kappa shape index (κ3) is 4.77. The molecule has 1 atom stereocenters. The van der Waals surface area contributed by atoms with Crippen LogP contribution in [0.3, 0.4) is 0 Å². The zero-order valence-corrected chi connectivity index (χ0v) is 14.2. The second kappa shape index (κ2) is 7.75. The van der Waals surface area contributed by atoms with E-state index in [2.05, 4.69) is 10.6 Å². The number of nitrogens with one attached hydrogen (secondary N) is 2. The minimum absolute atomic E-state index is 0.0697. The summed E-state index contributed by atoms with van der Waals surface area (Å²) < 4.78 is 13.9. The number of halogens is 1. The van der Waals surface area contributed by atoms with Crippen LogP contribution in [0.5, 0.6) is 0 Å². The largest absolute Gasteiger partial charge is 0.388 e. The Labute approximate surface area is 141 Å². The van der Waals surface area contributed by atoms with Gasteiger partial charge in [-0.05, 0) is 43.9 Å². The number of carbonyl (C=O) groups is 2. The topological polar surface area (TPSA) is 78.4 Å². The molecule has 1 fully saturated rings. The van der Waals surface area contributed by atoms with Crippen LogP contribution in [0.1, 0.15) is 56.3 Å². The van der Waals surface area contributed by atoms with Gasteiger partial charge in [0.15, 0.2) is 0 Å². The molecule has 0 aromatic heterocycles. The summed E-state index contributed by atoms with van der Waals surface area (Å²) in [6.45, 7) is 3.12. The minimum Gasteiger partial charge on any atom is -0.388 e. The molecule has 3 N–H and O–H groups in total. The number of amides is 2. The predicted molar refractivity (Wildman–Crippen MR) is 90.2 cm³/mol. The van der Waals surface area contributed by atoms with Gasteiger partial charge >= 0.3 is 0 Å². The summed E-state index contributed by atoms with van der Waals surface area (Å²) in [5.41, 5.74) is -0.810. The maximum absolute atomic E-state index is 13.9. The zero-order chi connectivity index (χ0) is 17.7. The summed E-state index contributed by atoms with van der Waals surface area (Å²) in [6.07, 6.45) is 5.23. The molecular formula is C18H25FN2O3. The van der Waals surface area contributed by atoms with Crippen LogP contribution in [0.4, 0.5) is 10.1 Å². The molecule has 1 aliphatic carbocycles. The van der Waals surface area contributed by atoms with Gasteiger partial charge in [-0.2, -0.15) is 0 Å². The summed E-state index contributed by atoms with van der Waals surface area (Å²) in [5.74, 6) is -1.43. The molecular weight excluding hydrogens is 311 g/mol. The monoisotopic (exact) mass is 336 g/mol. The van der Waals surface area contributed by atoms with Crippen LogP contribution in [-0.4, -0.2) is 29.1 Å². The van der Waals surface area contributed by atoms with Gasteiger partial charge in [-0.1, -0.05) is 19.3 Å². The normalized spacial score (nSPS) is 17.8. The number of rotatable bonds is 5. The van der Waals surface area contributed by atoms with Crippen LogP contribution in [0.2, 0.25) is 0 Å². The van der Waals surface area contributed by atoms with Gasteiger partial charge in [0.2, 0.25) is 5.91 Å². The lowest BCUT2D eigenvalue weighted by atomic mass is 9.78. The number of hydrogen-bond acceptors (Lipinski definition) is 3. The highest BCUT2D eigenvalue weighted by Crippen LogP contribution is 2.32. The molecule has 0 radical (unpaired) electrons. The van der Waals surface area contributed by atoms with Crippen LogP contribution in [0, 0.1) is 11.7 Å². The summed E-state index contributed by atoms with van der Waals surface area (Å²) in [6, 6.07) is 3.83. The molecule has 0 aliphatic heterocycles. The molecule has 1 aromatic rings. The lowest BCUT2D eigenvalue weighted by Gasteiger charge is -2.35. The summed E-state index contributed by atoms with van der Waals surface area (Å²) in [7, 11) is 0. The number of aliphatic hydroxyl groups is 1. The van der Waals surface area contributed by atoms with Crippen molar-refractivity contribution in [3.05, 3.63) is 29.6 Å². The fraction of sp³-hybridized carbons (Fsp3) is 0.556. The molecule has 1 aromatic carbocycles. The van der Waals surface area contributed by atoms with Crippen LogP contribution in [-0.2, 0) is 4.79 Å². The van der Waals surface area contributed by atoms with Crippen molar-refractivity contribution in [3.8, 4) is 0 Å². The highest BCUT2D eigenvalue weighted by atomic mass is 19.1. The Morgan fingerprint density at radius 3 is 2.58 bits per heavy atom. The standard InChI is InChI=1S/C18H25FN2O3/c1-12(22)21-14-8-9-16(19)15(10-14)17(23)20-11-18(2,24)13-6-4-3-5-7-13/h8-10,13,24H,3-7,11H2,1-2H3,(H,20,23)(H,21,22). The molecule has 6 heteroatoms. The van der Waals surface area contributed by atoms with E-state index in [9.17, 15) is 19.1 Å². The van der Waals surface area contributed by atoms with Crippen LogP contribution < -0.4 is 10.6 Å². The van der Waals surface area contributed by atoms with Gasteiger partial charge in [-0.25, -0.2) is 4.39 Å². The Morgan fingerprint density at radius 2 is 1.96 bits per heavy atom. The maximum atomic E-state index is 13.9. The molecule has 0 saturated heterocycles. The first-order valence-electron chi connectivity index (χ1n) is 8.37. The molecule has 2 amide bonds. The van der Waals surface area contributed by atoms with Gasteiger partial charge in [0.05, 0.1) is 11.2 Å². The predicted octanol–water partition coefficient (Wildman–Crippen LogP) is 2.85. The molecule has 1 saturated carbocycles. The Morgan fingerprint density at radius 1 is 1.29 bits per heavy atom. The Bertz CT molecular complexity index is 610. The van der Waals surface area contributed by atoms with Crippen molar-refractivity contribution >= 4 is 17.5 Å². The van der Waals surface area contributed by atoms with E-state index in [1.807, 2.05) is 0 Å².